The molecule has 1 aliphatic rings. The van der Waals surface area contributed by atoms with Gasteiger partial charge in [-0.3, -0.25) is 20.4 Å². The molecule has 4 rings (SSSR count). The maximum absolute atomic E-state index is 12.9. The van der Waals surface area contributed by atoms with Crippen molar-refractivity contribution in [1.29, 1.82) is 0 Å². The lowest BCUT2D eigenvalue weighted by atomic mass is 10.1. The second kappa shape index (κ2) is 9.01. The average Bonchev–Trinajstić information content (AvgIpc) is 3.44. The SMILES string of the molecule is COc1cc(C(=O)NNC(=O)c2nn(-c3ccccc3)c3c2CCC3)cc(OC)c1OC. The summed E-state index contributed by atoms with van der Waals surface area (Å²) < 4.78 is 17.6. The molecule has 2 aromatic carbocycles. The van der Waals surface area contributed by atoms with E-state index in [1.807, 2.05) is 30.3 Å². The van der Waals surface area contributed by atoms with Gasteiger partial charge in [-0.1, -0.05) is 18.2 Å². The standard InChI is InChI=1S/C23H24N4O5/c1-30-18-12-14(13-19(31-2)21(18)32-3)22(28)24-25-23(29)20-16-10-7-11-17(16)27(26-20)15-8-5-4-6-9-15/h4-6,8-9,12-13H,7,10-11H2,1-3H3,(H,24,28)(H,25,29). The van der Waals surface area contributed by atoms with Crippen molar-refractivity contribution in [3.8, 4) is 22.9 Å². The summed E-state index contributed by atoms with van der Waals surface area (Å²) in [6.07, 6.45) is 2.58. The number of ether oxygens (including phenoxy) is 3. The summed E-state index contributed by atoms with van der Waals surface area (Å²) in [5, 5.41) is 4.53. The van der Waals surface area contributed by atoms with Crippen molar-refractivity contribution in [2.45, 2.75) is 19.3 Å². The van der Waals surface area contributed by atoms with Crippen molar-refractivity contribution in [3.05, 3.63) is 65.0 Å². The Morgan fingerprint density at radius 2 is 1.56 bits per heavy atom. The third-order valence-corrected chi connectivity index (χ3v) is 5.36. The molecular weight excluding hydrogens is 412 g/mol. The van der Waals surface area contributed by atoms with Crippen molar-refractivity contribution in [2.24, 2.45) is 0 Å². The highest BCUT2D eigenvalue weighted by molar-refractivity contribution is 5.99. The van der Waals surface area contributed by atoms with Gasteiger partial charge in [0.25, 0.3) is 11.8 Å². The molecule has 9 heteroatoms. The zero-order valence-electron chi connectivity index (χ0n) is 18.1. The van der Waals surface area contributed by atoms with Gasteiger partial charge in [0, 0.05) is 16.8 Å². The lowest BCUT2D eigenvalue weighted by Crippen LogP contribution is -2.42. The van der Waals surface area contributed by atoms with E-state index in [1.165, 1.54) is 33.5 Å². The molecule has 2 N–H and O–H groups in total. The lowest BCUT2D eigenvalue weighted by Gasteiger charge is -2.14. The van der Waals surface area contributed by atoms with Crippen LogP contribution in [-0.4, -0.2) is 42.9 Å². The second-order valence-electron chi connectivity index (χ2n) is 7.20. The average molecular weight is 436 g/mol. The number of methoxy groups -OCH3 is 3. The first kappa shape index (κ1) is 21.2. The first-order valence-electron chi connectivity index (χ1n) is 10.1. The Kier molecular flexibility index (Phi) is 5.98. The molecule has 0 radical (unpaired) electrons. The van der Waals surface area contributed by atoms with Crippen LogP contribution in [-0.2, 0) is 12.8 Å². The summed E-state index contributed by atoms with van der Waals surface area (Å²) in [6, 6.07) is 12.7. The first-order valence-corrected chi connectivity index (χ1v) is 10.1. The van der Waals surface area contributed by atoms with Crippen LogP contribution in [0.25, 0.3) is 5.69 Å². The van der Waals surface area contributed by atoms with E-state index in [0.29, 0.717) is 22.9 Å². The molecule has 0 atom stereocenters. The van der Waals surface area contributed by atoms with Gasteiger partial charge in [-0.15, -0.1) is 0 Å². The van der Waals surface area contributed by atoms with Gasteiger partial charge < -0.3 is 14.2 Å². The molecule has 0 spiro atoms. The topological polar surface area (TPSA) is 104 Å². The number of carbonyl (C=O) groups excluding carboxylic acids is 2. The fourth-order valence-corrected chi connectivity index (χ4v) is 3.86. The number of nitrogens with one attached hydrogen (secondary N) is 2. The van der Waals surface area contributed by atoms with Gasteiger partial charge in [-0.25, -0.2) is 4.68 Å². The van der Waals surface area contributed by atoms with Gasteiger partial charge in [-0.05, 0) is 43.5 Å². The highest BCUT2D eigenvalue weighted by Crippen LogP contribution is 2.38. The number of carbonyl (C=O) groups is 2. The third kappa shape index (κ3) is 3.84. The Labute approximate surface area is 185 Å². The normalized spacial score (nSPS) is 12.1. The number of hydrogen-bond donors (Lipinski definition) is 2. The molecule has 9 nitrogen and oxygen atoms in total. The minimum absolute atomic E-state index is 0.236. The smallest absolute Gasteiger partial charge is 0.290 e. The van der Waals surface area contributed by atoms with Crippen LogP contribution < -0.4 is 25.1 Å². The summed E-state index contributed by atoms with van der Waals surface area (Å²) in [4.78, 5) is 25.5. The summed E-state index contributed by atoms with van der Waals surface area (Å²) in [5.74, 6) is 0.0402. The van der Waals surface area contributed by atoms with E-state index >= 15 is 0 Å². The number of para-hydroxylation sites is 1. The van der Waals surface area contributed by atoms with E-state index in [2.05, 4.69) is 16.0 Å². The van der Waals surface area contributed by atoms with Gasteiger partial charge in [0.1, 0.15) is 0 Å². The number of hydrogen-bond acceptors (Lipinski definition) is 6. The molecule has 32 heavy (non-hydrogen) atoms. The van der Waals surface area contributed by atoms with Crippen LogP contribution >= 0.6 is 0 Å². The Hall–Kier alpha value is -4.01. The molecular formula is C23H24N4O5. The summed E-state index contributed by atoms with van der Waals surface area (Å²) in [6.45, 7) is 0. The Bertz CT molecular complexity index is 1130. The maximum atomic E-state index is 12.9. The fraction of sp³-hybridized carbons (Fsp3) is 0.261. The van der Waals surface area contributed by atoms with Crippen LogP contribution in [0.3, 0.4) is 0 Å². The molecule has 2 amide bonds. The van der Waals surface area contributed by atoms with Crippen LogP contribution in [0.4, 0.5) is 0 Å². The van der Waals surface area contributed by atoms with E-state index in [1.54, 1.807) is 4.68 Å². The van der Waals surface area contributed by atoms with Gasteiger partial charge in [-0.2, -0.15) is 5.10 Å². The summed E-state index contributed by atoms with van der Waals surface area (Å²) in [7, 11) is 4.40. The minimum Gasteiger partial charge on any atom is -0.493 e. The number of nitrogens with zero attached hydrogens (tertiary/aromatic N) is 2. The highest BCUT2D eigenvalue weighted by Gasteiger charge is 2.27. The molecule has 0 aliphatic heterocycles. The van der Waals surface area contributed by atoms with E-state index in [9.17, 15) is 9.59 Å². The maximum Gasteiger partial charge on any atom is 0.290 e. The molecule has 1 heterocycles. The predicted octanol–water partition coefficient (Wildman–Crippen LogP) is 2.46. The second-order valence-corrected chi connectivity index (χ2v) is 7.20. The van der Waals surface area contributed by atoms with E-state index < -0.39 is 11.8 Å². The van der Waals surface area contributed by atoms with Gasteiger partial charge in [0.2, 0.25) is 5.75 Å². The molecule has 0 saturated heterocycles. The van der Waals surface area contributed by atoms with Crippen LogP contribution in [0.15, 0.2) is 42.5 Å². The van der Waals surface area contributed by atoms with Gasteiger partial charge in [0.05, 0.1) is 27.0 Å². The van der Waals surface area contributed by atoms with Gasteiger partial charge >= 0.3 is 0 Å². The third-order valence-electron chi connectivity index (χ3n) is 5.36. The van der Waals surface area contributed by atoms with Crippen molar-refractivity contribution >= 4 is 11.8 Å². The van der Waals surface area contributed by atoms with Gasteiger partial charge in [0.15, 0.2) is 17.2 Å². The Morgan fingerprint density at radius 3 is 2.19 bits per heavy atom. The van der Waals surface area contributed by atoms with Crippen LogP contribution in [0.1, 0.15) is 38.5 Å². The number of fused-ring (bicyclic) bond motifs is 1. The van der Waals surface area contributed by atoms with Crippen LogP contribution in [0.5, 0.6) is 17.2 Å². The van der Waals surface area contributed by atoms with Crippen LogP contribution in [0.2, 0.25) is 0 Å². The number of rotatable bonds is 6. The quantitative estimate of drug-likeness (QED) is 0.576. The van der Waals surface area contributed by atoms with Crippen molar-refractivity contribution in [2.75, 3.05) is 21.3 Å². The van der Waals surface area contributed by atoms with Crippen molar-refractivity contribution < 1.29 is 23.8 Å². The zero-order chi connectivity index (χ0) is 22.7. The molecule has 0 bridgehead atoms. The lowest BCUT2D eigenvalue weighted by molar-refractivity contribution is 0.0843. The fourth-order valence-electron chi connectivity index (χ4n) is 3.86. The molecule has 1 aliphatic carbocycles. The summed E-state index contributed by atoms with van der Waals surface area (Å²) in [5.41, 5.74) is 8.28. The Balaban J connectivity index is 1.53. The molecule has 166 valence electrons. The van der Waals surface area contributed by atoms with Crippen LogP contribution in [0, 0.1) is 0 Å². The summed E-state index contributed by atoms with van der Waals surface area (Å²) >= 11 is 0. The van der Waals surface area contributed by atoms with E-state index in [-0.39, 0.29) is 5.56 Å². The van der Waals surface area contributed by atoms with Crippen molar-refractivity contribution in [1.82, 2.24) is 20.6 Å². The monoisotopic (exact) mass is 436 g/mol. The Morgan fingerprint density at radius 1 is 0.906 bits per heavy atom. The molecule has 1 aromatic heterocycles. The number of aromatic nitrogens is 2. The molecule has 0 saturated carbocycles. The molecule has 3 aromatic rings. The molecule has 0 unspecified atom stereocenters. The highest BCUT2D eigenvalue weighted by atomic mass is 16.5. The predicted molar refractivity (Wildman–Crippen MR) is 117 cm³/mol. The number of hydrazine groups is 1. The van der Waals surface area contributed by atoms with E-state index in [4.69, 9.17) is 14.2 Å². The number of benzene rings is 2. The number of amides is 2. The first-order chi connectivity index (χ1) is 15.6. The minimum atomic E-state index is -0.531. The zero-order valence-corrected chi connectivity index (χ0v) is 18.1. The molecule has 0 fully saturated rings. The van der Waals surface area contributed by atoms with Crippen molar-refractivity contribution in [3.63, 3.8) is 0 Å². The van der Waals surface area contributed by atoms with E-state index in [0.717, 1.165) is 36.2 Å². The largest absolute Gasteiger partial charge is 0.493 e.